The Hall–Kier alpha value is -2.29. The fourth-order valence-electron chi connectivity index (χ4n) is 3.32. The SMILES string of the molecule is O=C1CCCC2=C1[C@H](c1cc(Br)ccc1OC(F)F)n1ncnc1N2. The van der Waals surface area contributed by atoms with Crippen LogP contribution < -0.4 is 10.1 Å². The van der Waals surface area contributed by atoms with Crippen LogP contribution in [-0.4, -0.2) is 27.2 Å². The van der Waals surface area contributed by atoms with Crippen molar-refractivity contribution >= 4 is 27.7 Å². The van der Waals surface area contributed by atoms with Gasteiger partial charge >= 0.3 is 6.61 Å². The number of ether oxygens (including phenoxy) is 1. The third-order valence-electron chi connectivity index (χ3n) is 4.29. The predicted octanol–water partition coefficient (Wildman–Crippen LogP) is 3.66. The fraction of sp³-hybridized carbons (Fsp3) is 0.312. The minimum atomic E-state index is -2.97. The van der Waals surface area contributed by atoms with E-state index in [1.165, 1.54) is 17.1 Å². The molecule has 0 saturated heterocycles. The van der Waals surface area contributed by atoms with Gasteiger partial charge in [-0.15, -0.1) is 0 Å². The lowest BCUT2D eigenvalue weighted by Gasteiger charge is -2.32. The van der Waals surface area contributed by atoms with Gasteiger partial charge in [-0.2, -0.15) is 18.9 Å². The van der Waals surface area contributed by atoms with Crippen LogP contribution >= 0.6 is 15.9 Å². The van der Waals surface area contributed by atoms with E-state index in [0.717, 1.165) is 12.1 Å². The van der Waals surface area contributed by atoms with Crippen molar-refractivity contribution in [3.63, 3.8) is 0 Å². The van der Waals surface area contributed by atoms with E-state index in [1.807, 2.05) is 0 Å². The van der Waals surface area contributed by atoms with Crippen LogP contribution in [0, 0.1) is 0 Å². The van der Waals surface area contributed by atoms with E-state index in [0.29, 0.717) is 34.4 Å². The van der Waals surface area contributed by atoms with E-state index < -0.39 is 12.7 Å². The van der Waals surface area contributed by atoms with Gasteiger partial charge in [0.2, 0.25) is 5.95 Å². The number of nitrogens with zero attached hydrogens (tertiary/aromatic N) is 3. The Morgan fingerprint density at radius 3 is 3.00 bits per heavy atom. The largest absolute Gasteiger partial charge is 0.434 e. The summed E-state index contributed by atoms with van der Waals surface area (Å²) in [5, 5.41) is 7.32. The number of hydrogen-bond acceptors (Lipinski definition) is 5. The molecule has 2 heterocycles. The molecule has 2 aromatic rings. The summed E-state index contributed by atoms with van der Waals surface area (Å²) < 4.78 is 32.6. The van der Waals surface area contributed by atoms with Crippen LogP contribution in [0.3, 0.4) is 0 Å². The third-order valence-corrected chi connectivity index (χ3v) is 4.79. The number of carbonyl (C=O) groups excluding carboxylic acids is 1. The number of benzene rings is 1. The van der Waals surface area contributed by atoms with Gasteiger partial charge in [0.15, 0.2) is 5.78 Å². The van der Waals surface area contributed by atoms with Gasteiger partial charge in [0, 0.05) is 27.7 Å². The molecule has 0 fully saturated rings. The maximum absolute atomic E-state index is 12.9. The number of ketones is 1. The first kappa shape index (κ1) is 16.2. The predicted molar refractivity (Wildman–Crippen MR) is 88.4 cm³/mol. The van der Waals surface area contributed by atoms with Crippen molar-refractivity contribution < 1.29 is 18.3 Å². The number of fused-ring (bicyclic) bond motifs is 1. The van der Waals surface area contributed by atoms with Crippen molar-refractivity contribution in [3.8, 4) is 5.75 Å². The summed E-state index contributed by atoms with van der Waals surface area (Å²) in [6.45, 7) is -2.97. The van der Waals surface area contributed by atoms with E-state index in [1.54, 1.807) is 12.1 Å². The number of hydrogen-bond donors (Lipinski definition) is 1. The molecule has 0 amide bonds. The average molecular weight is 411 g/mol. The molecule has 6 nitrogen and oxygen atoms in total. The molecule has 130 valence electrons. The van der Waals surface area contributed by atoms with Gasteiger partial charge in [0.25, 0.3) is 0 Å². The molecule has 1 aliphatic heterocycles. The minimum Gasteiger partial charge on any atom is -0.434 e. The maximum atomic E-state index is 12.9. The number of alkyl halides is 2. The molecule has 1 aromatic heterocycles. The molecule has 25 heavy (non-hydrogen) atoms. The second-order valence-electron chi connectivity index (χ2n) is 5.79. The topological polar surface area (TPSA) is 69.0 Å². The molecule has 0 spiro atoms. The van der Waals surface area contributed by atoms with Crippen LogP contribution in [0.5, 0.6) is 5.75 Å². The lowest BCUT2D eigenvalue weighted by Crippen LogP contribution is -2.32. The molecule has 1 N–H and O–H groups in total. The zero-order valence-corrected chi connectivity index (χ0v) is 14.5. The first-order valence-electron chi connectivity index (χ1n) is 7.71. The fourth-order valence-corrected chi connectivity index (χ4v) is 3.70. The summed E-state index contributed by atoms with van der Waals surface area (Å²) in [6.07, 6.45) is 3.22. The van der Waals surface area contributed by atoms with Crippen LogP contribution in [-0.2, 0) is 4.79 Å². The highest BCUT2D eigenvalue weighted by Crippen LogP contribution is 2.43. The maximum Gasteiger partial charge on any atom is 0.387 e. The molecule has 1 aromatic carbocycles. The van der Waals surface area contributed by atoms with Gasteiger partial charge in [-0.1, -0.05) is 15.9 Å². The van der Waals surface area contributed by atoms with Crippen LogP contribution in [0.15, 0.2) is 40.3 Å². The Morgan fingerprint density at radius 2 is 2.20 bits per heavy atom. The Morgan fingerprint density at radius 1 is 1.36 bits per heavy atom. The second-order valence-corrected chi connectivity index (χ2v) is 6.70. The van der Waals surface area contributed by atoms with E-state index in [9.17, 15) is 13.6 Å². The molecule has 0 radical (unpaired) electrons. The van der Waals surface area contributed by atoms with Crippen molar-refractivity contribution in [3.05, 3.63) is 45.8 Å². The average Bonchev–Trinajstić information content (AvgIpc) is 3.02. The van der Waals surface area contributed by atoms with E-state index >= 15 is 0 Å². The number of anilines is 1. The smallest absolute Gasteiger partial charge is 0.387 e. The highest BCUT2D eigenvalue weighted by molar-refractivity contribution is 9.10. The standard InChI is InChI=1S/C16H13BrF2N4O2/c17-8-4-5-12(25-15(18)19)9(6-8)14-13-10(2-1-3-11(13)24)22-16-20-7-21-23(14)16/h4-7,14-15H,1-3H2,(H,20,21,22)/t14-/m0/s1. The summed E-state index contributed by atoms with van der Waals surface area (Å²) in [5.74, 6) is 0.459. The van der Waals surface area contributed by atoms with Crippen LogP contribution in [0.25, 0.3) is 0 Å². The highest BCUT2D eigenvalue weighted by Gasteiger charge is 2.37. The summed E-state index contributed by atoms with van der Waals surface area (Å²) in [7, 11) is 0. The van der Waals surface area contributed by atoms with Crippen molar-refractivity contribution in [2.75, 3.05) is 5.32 Å². The number of nitrogens with one attached hydrogen (secondary N) is 1. The molecular formula is C16H13BrF2N4O2. The first-order chi connectivity index (χ1) is 12.0. The van der Waals surface area contributed by atoms with E-state index in [4.69, 9.17) is 4.74 Å². The van der Waals surface area contributed by atoms with Crippen molar-refractivity contribution in [1.82, 2.24) is 14.8 Å². The number of aromatic nitrogens is 3. The molecule has 0 saturated carbocycles. The van der Waals surface area contributed by atoms with Gasteiger partial charge in [-0.25, -0.2) is 4.68 Å². The zero-order valence-electron chi connectivity index (χ0n) is 12.9. The Balaban J connectivity index is 1.92. The molecule has 1 atom stereocenters. The zero-order chi connectivity index (χ0) is 17.6. The number of Topliss-reactive ketones (excluding diaryl/α,β-unsaturated/α-hetero) is 1. The molecule has 0 bridgehead atoms. The molecule has 1 aliphatic carbocycles. The molecule has 4 rings (SSSR count). The van der Waals surface area contributed by atoms with Crippen molar-refractivity contribution in [2.24, 2.45) is 0 Å². The first-order valence-corrected chi connectivity index (χ1v) is 8.51. The number of allylic oxidation sites excluding steroid dienone is 2. The number of carbonyl (C=O) groups is 1. The Labute approximate surface area is 150 Å². The third kappa shape index (κ3) is 2.82. The summed E-state index contributed by atoms with van der Waals surface area (Å²) >= 11 is 3.36. The quantitative estimate of drug-likeness (QED) is 0.835. The van der Waals surface area contributed by atoms with E-state index in [2.05, 4.69) is 31.3 Å². The van der Waals surface area contributed by atoms with Crippen molar-refractivity contribution in [1.29, 1.82) is 0 Å². The van der Waals surface area contributed by atoms with Crippen LogP contribution in [0.4, 0.5) is 14.7 Å². The molecular weight excluding hydrogens is 398 g/mol. The van der Waals surface area contributed by atoms with Gasteiger partial charge in [-0.05, 0) is 31.0 Å². The molecule has 0 unspecified atom stereocenters. The number of rotatable bonds is 3. The lowest BCUT2D eigenvalue weighted by atomic mass is 9.85. The monoisotopic (exact) mass is 410 g/mol. The minimum absolute atomic E-state index is 0.0109. The summed E-state index contributed by atoms with van der Waals surface area (Å²) in [5.41, 5.74) is 1.73. The lowest BCUT2D eigenvalue weighted by molar-refractivity contribution is -0.116. The normalized spacial score (nSPS) is 19.5. The molecule has 2 aliphatic rings. The van der Waals surface area contributed by atoms with Gasteiger partial charge < -0.3 is 10.1 Å². The summed E-state index contributed by atoms with van der Waals surface area (Å²) in [4.78, 5) is 16.8. The van der Waals surface area contributed by atoms with Gasteiger partial charge in [-0.3, -0.25) is 4.79 Å². The van der Waals surface area contributed by atoms with Crippen LogP contribution in [0.1, 0.15) is 30.9 Å². The number of halogens is 3. The molecule has 9 heteroatoms. The highest BCUT2D eigenvalue weighted by atomic mass is 79.9. The van der Waals surface area contributed by atoms with Gasteiger partial charge in [0.1, 0.15) is 18.1 Å². The Bertz CT molecular complexity index is 881. The van der Waals surface area contributed by atoms with Crippen LogP contribution in [0.2, 0.25) is 0 Å². The van der Waals surface area contributed by atoms with E-state index in [-0.39, 0.29) is 11.5 Å². The van der Waals surface area contributed by atoms with Gasteiger partial charge in [0.05, 0.1) is 0 Å². The summed E-state index contributed by atoms with van der Waals surface area (Å²) in [6, 6.07) is 4.08. The van der Waals surface area contributed by atoms with Crippen molar-refractivity contribution in [2.45, 2.75) is 31.9 Å². The second kappa shape index (κ2) is 6.21. The Kier molecular flexibility index (Phi) is 4.03.